The average molecular weight is 1880 g/mol. The lowest BCUT2D eigenvalue weighted by molar-refractivity contribution is 0.0980. The molecule has 6 atom stereocenters. The number of guanidine groups is 4. The van der Waals surface area contributed by atoms with Crippen LogP contribution in [0.2, 0.25) is 10.0 Å². The summed E-state index contributed by atoms with van der Waals surface area (Å²) < 4.78 is 127. The van der Waals surface area contributed by atoms with Gasteiger partial charge >= 0.3 is 0 Å². The summed E-state index contributed by atoms with van der Waals surface area (Å²) in [5, 5.41) is 0.865. The van der Waals surface area contributed by atoms with E-state index in [4.69, 9.17) is 46.1 Å². The molecule has 2 unspecified atom stereocenters. The summed E-state index contributed by atoms with van der Waals surface area (Å²) >= 11 is 11.6. The molecule has 16 N–H and O–H groups in total. The monoisotopic (exact) mass is 1870 g/mol. The molecule has 126 heavy (non-hydrogen) atoms. The summed E-state index contributed by atoms with van der Waals surface area (Å²) in [5.41, 5.74) is 34.1. The molecular weight excluding hydrogens is 1750 g/mol. The number of aromatic nitrogens is 4. The maximum Gasteiger partial charge on any atom is 0.204 e. The van der Waals surface area contributed by atoms with Crippen molar-refractivity contribution in [2.24, 2.45) is 63.1 Å². The van der Waals surface area contributed by atoms with E-state index in [2.05, 4.69) is 110 Å². The van der Waals surface area contributed by atoms with Crippen molar-refractivity contribution in [2.45, 2.75) is 89.4 Å². The number of Topliss-reactive ketones (excluding diaryl/α,β-unsaturated/α-hetero) is 4. The molecule has 12 rings (SSSR count). The molecule has 4 aromatic heterocycles. The van der Waals surface area contributed by atoms with Crippen LogP contribution in [0.1, 0.15) is 128 Å². The van der Waals surface area contributed by atoms with Gasteiger partial charge in [-0.2, -0.15) is 0 Å². The van der Waals surface area contributed by atoms with Gasteiger partial charge in [0, 0.05) is 113 Å². The Kier molecular flexibility index (Phi) is 32.8. The molecule has 0 radical (unpaired) electrons. The molecular formula is C86H120Cl2F6N20O8S4. The third kappa shape index (κ3) is 24.6. The first-order valence-corrected chi connectivity index (χ1v) is 51.4. The van der Waals surface area contributed by atoms with Gasteiger partial charge in [-0.1, -0.05) is 47.5 Å². The number of pyridine rings is 4. The standard InChI is InChI=1S/2C22H30F2N4OS.2C20H23ClFN5O2S.2CH5N.2H2O/c2*1-22(14-30(3,4,5,6)28(2)21(25)27-22)17-11-15(7-9-18(17)24)12-20(29)19-10-8-16(23)13-26-19;1-4-25-30(29)12-20(2,26-19(23)27(30)3)15-9-13(5-7-16(15)22)10-18(28)17-8-6-14(21)11-24-17;1-4-27-19(23)26-20(2,12-30(27,29)24-3)15-9-13(5-7-16(15)22)10-18(28)17-8-6-14(21)11-25-17;2*1-2;;/h2*7-11,13H,12,14H2,1-6H3,(H2,25,27);2*5-9,11H,4,10,12H2,1-3H3,(H2,23,26);2*2H2,1H3;2*1H2/t2*22-;2*20-,30?;;;;/m0000..../s1. The predicted molar refractivity (Wildman–Crippen MR) is 503 cm³/mol. The van der Waals surface area contributed by atoms with E-state index < -0.39 is 82.2 Å². The van der Waals surface area contributed by atoms with Crippen LogP contribution in [0.15, 0.2) is 175 Å². The van der Waals surface area contributed by atoms with Crippen LogP contribution in [0.3, 0.4) is 0 Å². The number of ketones is 4. The molecule has 40 heteroatoms. The van der Waals surface area contributed by atoms with E-state index in [-0.39, 0.29) is 129 Å². The highest BCUT2D eigenvalue weighted by molar-refractivity contribution is 8.61. The maximum atomic E-state index is 15.0. The minimum absolute atomic E-state index is 0. The van der Waals surface area contributed by atoms with Crippen molar-refractivity contribution in [3.8, 4) is 0 Å². The number of carbonyl (C=O) groups is 4. The van der Waals surface area contributed by atoms with E-state index in [1.807, 2.05) is 36.6 Å². The first kappa shape index (κ1) is 106. The Balaban J connectivity index is 0.000000292. The number of rotatable bonds is 18. The SMILES string of the molecule is CCN1C(N)=N[C@](C)(c2cc(CC(=O)c3ccc(Cl)cn3)ccc2F)CS1(=O)=NC.CCN=S1(=O)C[C@@](C)(c2cc(CC(=O)c3ccc(Cl)cn3)ccc2F)N=C(N)N1C.CN.CN.CN1C(N)=N[C@](C)(c2cc(CC(=O)c3ccc(F)cn3)ccc2F)CS1(C)(C)(C)C.CN1C(N)=N[C@](C)(c2cc(CC(=O)c3ccc(F)cn3)ccc2F)CS1(C)(C)(C)C.O.O. The Hall–Kier alpha value is -10.2. The summed E-state index contributed by atoms with van der Waals surface area (Å²) in [4.78, 5) is 84.1. The number of aliphatic imine (C=N–C) groups is 4. The fraction of sp³-hybridized carbons (Fsp3) is 0.395. The van der Waals surface area contributed by atoms with E-state index in [0.717, 1.165) is 12.4 Å². The minimum Gasteiger partial charge on any atom is -0.412 e. The minimum atomic E-state index is -2.88. The number of carbonyl (C=O) groups excluding carboxylic acids is 4. The van der Waals surface area contributed by atoms with Crippen molar-refractivity contribution in [3.63, 3.8) is 0 Å². The Morgan fingerprint density at radius 2 is 0.706 bits per heavy atom. The second kappa shape index (κ2) is 38.8. The third-order valence-corrected chi connectivity index (χ3v) is 36.6. The van der Waals surface area contributed by atoms with Crippen LogP contribution >= 0.6 is 40.2 Å². The Labute approximate surface area is 743 Å². The molecule has 0 spiro atoms. The Morgan fingerprint density at radius 1 is 0.429 bits per heavy atom. The number of benzene rings is 4. The smallest absolute Gasteiger partial charge is 0.204 e. The van der Waals surface area contributed by atoms with Gasteiger partial charge in [-0.05, 0) is 225 Å². The van der Waals surface area contributed by atoms with Gasteiger partial charge in [0.15, 0.2) is 35.1 Å². The molecule has 0 aliphatic carbocycles. The Bertz CT molecular complexity index is 5520. The molecule has 4 aliphatic heterocycles. The molecule has 4 aliphatic rings. The highest BCUT2D eigenvalue weighted by Crippen LogP contribution is 2.84. The first-order chi connectivity index (χ1) is 57.3. The molecule has 0 saturated carbocycles. The van der Waals surface area contributed by atoms with Gasteiger partial charge in [-0.3, -0.25) is 47.7 Å². The first-order valence-electron chi connectivity index (χ1n) is 38.9. The van der Waals surface area contributed by atoms with Crippen LogP contribution in [0, 0.1) is 34.9 Å². The fourth-order valence-electron chi connectivity index (χ4n) is 15.2. The molecule has 0 fully saturated rings. The molecule has 4 aromatic carbocycles. The average Bonchev–Trinajstić information content (AvgIpc) is 0.687. The number of halogens is 8. The second-order valence-corrected chi connectivity index (χ2v) is 60.6. The van der Waals surface area contributed by atoms with Crippen LogP contribution in [0.4, 0.5) is 26.3 Å². The van der Waals surface area contributed by atoms with Gasteiger partial charge in [0.2, 0.25) is 11.9 Å². The van der Waals surface area contributed by atoms with Crippen LogP contribution in [0.5, 0.6) is 0 Å². The van der Waals surface area contributed by atoms with Crippen LogP contribution in [-0.4, -0.2) is 232 Å². The Morgan fingerprint density at radius 3 is 0.968 bits per heavy atom. The lowest BCUT2D eigenvalue weighted by Crippen LogP contribution is -2.61. The maximum absolute atomic E-state index is 15.0. The topological polar surface area (TPSA) is 460 Å². The van der Waals surface area contributed by atoms with Crippen LogP contribution < -0.4 is 34.4 Å². The summed E-state index contributed by atoms with van der Waals surface area (Å²) in [6.45, 7) is 11.4. The second-order valence-electron chi connectivity index (χ2n) is 35.6. The van der Waals surface area contributed by atoms with Crippen molar-refractivity contribution in [1.29, 1.82) is 0 Å². The number of hydrogen-bond donors (Lipinski definition) is 6. The van der Waals surface area contributed by atoms with Crippen LogP contribution in [-0.2, 0) is 67.7 Å². The summed E-state index contributed by atoms with van der Waals surface area (Å²) in [6, 6.07) is 29.4. The van der Waals surface area contributed by atoms with Crippen molar-refractivity contribution in [2.75, 3.05) is 128 Å². The number of nitrogens with two attached hydrogens (primary N) is 6. The van der Waals surface area contributed by atoms with Gasteiger partial charge in [0.1, 0.15) is 88.6 Å². The van der Waals surface area contributed by atoms with Gasteiger partial charge < -0.3 is 54.0 Å². The lowest BCUT2D eigenvalue weighted by atomic mass is 9.91. The predicted octanol–water partition coefficient (Wildman–Crippen LogP) is 11.0. The highest BCUT2D eigenvalue weighted by Gasteiger charge is 2.58. The number of hydrogen-bond acceptors (Lipinski definition) is 24. The van der Waals surface area contributed by atoms with E-state index >= 15 is 0 Å². The van der Waals surface area contributed by atoms with Crippen molar-refractivity contribution in [3.05, 3.63) is 258 Å². The highest BCUT2D eigenvalue weighted by atomic mass is 35.5. The van der Waals surface area contributed by atoms with Gasteiger partial charge in [-0.15, -0.1) is 0 Å². The molecule has 0 bridgehead atoms. The molecule has 692 valence electrons. The van der Waals surface area contributed by atoms with Gasteiger partial charge in [0.05, 0.1) is 45.0 Å². The normalized spacial score (nSPS) is 24.0. The van der Waals surface area contributed by atoms with Crippen molar-refractivity contribution in [1.82, 2.24) is 37.2 Å². The van der Waals surface area contributed by atoms with E-state index in [1.54, 1.807) is 95.4 Å². The molecule has 0 saturated heterocycles. The quantitative estimate of drug-likeness (QED) is 0.0343. The van der Waals surface area contributed by atoms with Gasteiger partial charge in [-0.25, -0.2) is 80.4 Å². The molecule has 0 amide bonds. The molecule has 28 nitrogen and oxygen atoms in total. The van der Waals surface area contributed by atoms with Crippen molar-refractivity contribution >= 4 is 107 Å². The largest absolute Gasteiger partial charge is 0.412 e. The zero-order valence-corrected chi connectivity index (χ0v) is 79.5. The fourth-order valence-corrected chi connectivity index (χ4v) is 27.5. The van der Waals surface area contributed by atoms with E-state index in [0.29, 0.717) is 79.9 Å². The van der Waals surface area contributed by atoms with E-state index in [9.17, 15) is 53.9 Å². The lowest BCUT2D eigenvalue weighted by Gasteiger charge is -2.78. The molecule has 8 aromatic rings. The third-order valence-electron chi connectivity index (χ3n) is 21.7. The zero-order valence-electron chi connectivity index (χ0n) is 74.8. The number of nitrogens with zero attached hydrogens (tertiary/aromatic N) is 14. The zero-order chi connectivity index (χ0) is 93.4. The van der Waals surface area contributed by atoms with Crippen LogP contribution in [0.25, 0.3) is 0 Å². The van der Waals surface area contributed by atoms with E-state index in [1.165, 1.54) is 103 Å². The van der Waals surface area contributed by atoms with Crippen molar-refractivity contribution < 1.29 is 64.9 Å². The van der Waals surface area contributed by atoms with Gasteiger partial charge in [0.25, 0.3) is 0 Å². The summed E-state index contributed by atoms with van der Waals surface area (Å²) in [6.07, 6.45) is 22.4. The summed E-state index contributed by atoms with van der Waals surface area (Å²) in [5.74, 6) is -1.81. The molecule has 8 heterocycles. The summed E-state index contributed by atoms with van der Waals surface area (Å²) in [7, 11) is -1.56.